The third kappa shape index (κ3) is 2.79. The van der Waals surface area contributed by atoms with Crippen molar-refractivity contribution in [3.63, 3.8) is 0 Å². The van der Waals surface area contributed by atoms with Crippen molar-refractivity contribution >= 4 is 17.7 Å². The fraction of sp³-hybridized carbons (Fsp3) is 0.333. The number of nitrogens with zero attached hydrogens (tertiary/aromatic N) is 1. The van der Waals surface area contributed by atoms with Gasteiger partial charge in [-0.1, -0.05) is 0 Å². The molecule has 0 saturated carbocycles. The van der Waals surface area contributed by atoms with Crippen molar-refractivity contribution in [3.05, 3.63) is 23.8 Å². The van der Waals surface area contributed by atoms with Crippen LogP contribution in [0.2, 0.25) is 0 Å². The first-order chi connectivity index (χ1) is 9.38. The summed E-state index contributed by atoms with van der Waals surface area (Å²) >= 11 is 0. The minimum Gasteiger partial charge on any atom is -0.503 e. The Hall–Kier alpha value is -2.38. The van der Waals surface area contributed by atoms with Crippen molar-refractivity contribution in [1.29, 1.82) is 0 Å². The largest absolute Gasteiger partial charge is 0.503 e. The van der Waals surface area contributed by atoms with E-state index in [2.05, 4.69) is 5.32 Å². The summed E-state index contributed by atoms with van der Waals surface area (Å²) in [5.41, 5.74) is -0.0619. The molecule has 0 unspecified atom stereocenters. The highest BCUT2D eigenvalue weighted by atomic mass is 19.1. The van der Waals surface area contributed by atoms with Gasteiger partial charge in [-0.3, -0.25) is 9.69 Å². The molecule has 1 heterocycles. The molecule has 0 radical (unpaired) electrons. The van der Waals surface area contributed by atoms with E-state index in [1.54, 1.807) is 0 Å². The molecule has 6 nitrogen and oxygen atoms in total. The molecule has 2 amide bonds. The van der Waals surface area contributed by atoms with E-state index in [-0.39, 0.29) is 24.7 Å². The average molecular weight is 286 g/mol. The van der Waals surface area contributed by atoms with Crippen LogP contribution in [0, 0.1) is 11.6 Å². The zero-order valence-electron chi connectivity index (χ0n) is 10.5. The number of rotatable bonds is 3. The van der Waals surface area contributed by atoms with Crippen LogP contribution in [0.15, 0.2) is 12.1 Å². The maximum Gasteiger partial charge on any atom is 0.414 e. The molecule has 1 aliphatic rings. The highest BCUT2D eigenvalue weighted by molar-refractivity contribution is 5.90. The molecule has 108 valence electrons. The molecule has 20 heavy (non-hydrogen) atoms. The fourth-order valence-corrected chi connectivity index (χ4v) is 1.80. The topological polar surface area (TPSA) is 78.9 Å². The zero-order valence-corrected chi connectivity index (χ0v) is 10.5. The predicted octanol–water partition coefficient (Wildman–Crippen LogP) is 1.13. The van der Waals surface area contributed by atoms with Gasteiger partial charge >= 0.3 is 6.09 Å². The highest BCUT2D eigenvalue weighted by Gasteiger charge is 2.33. The first kappa shape index (κ1) is 14.0. The molecule has 0 bridgehead atoms. The second kappa shape index (κ2) is 5.32. The molecule has 0 aliphatic carbocycles. The second-order valence-electron chi connectivity index (χ2n) is 4.31. The number of amides is 2. The van der Waals surface area contributed by atoms with Gasteiger partial charge in [0.15, 0.2) is 17.4 Å². The van der Waals surface area contributed by atoms with Gasteiger partial charge in [-0.25, -0.2) is 13.6 Å². The van der Waals surface area contributed by atoms with Crippen LogP contribution in [-0.2, 0) is 9.53 Å². The van der Waals surface area contributed by atoms with Gasteiger partial charge in [-0.15, -0.1) is 0 Å². The van der Waals surface area contributed by atoms with Crippen LogP contribution in [0.3, 0.4) is 0 Å². The number of hydrogen-bond acceptors (Lipinski definition) is 4. The van der Waals surface area contributed by atoms with Crippen molar-refractivity contribution in [1.82, 2.24) is 5.32 Å². The molecule has 1 aliphatic heterocycles. The van der Waals surface area contributed by atoms with E-state index in [1.807, 2.05) is 0 Å². The minimum atomic E-state index is -1.17. The van der Waals surface area contributed by atoms with Crippen molar-refractivity contribution in [2.45, 2.75) is 13.0 Å². The molecule has 0 spiro atoms. The molecule has 1 atom stereocenters. The van der Waals surface area contributed by atoms with Crippen LogP contribution in [0.1, 0.15) is 6.92 Å². The number of aromatic hydroxyl groups is 1. The van der Waals surface area contributed by atoms with Gasteiger partial charge in [0, 0.05) is 19.1 Å². The van der Waals surface area contributed by atoms with E-state index in [1.165, 1.54) is 6.92 Å². The van der Waals surface area contributed by atoms with Gasteiger partial charge < -0.3 is 15.2 Å². The Balaban J connectivity index is 2.14. The molecule has 1 aromatic rings. The Bertz CT molecular complexity index is 541. The molecule has 0 aromatic heterocycles. The van der Waals surface area contributed by atoms with Crippen molar-refractivity contribution in [2.24, 2.45) is 0 Å². The molecule has 1 fully saturated rings. The van der Waals surface area contributed by atoms with Crippen LogP contribution in [0.5, 0.6) is 5.75 Å². The molecule has 2 N–H and O–H groups in total. The number of anilines is 1. The van der Waals surface area contributed by atoms with Crippen LogP contribution in [0.4, 0.5) is 19.3 Å². The predicted molar refractivity (Wildman–Crippen MR) is 64.3 cm³/mol. The summed E-state index contributed by atoms with van der Waals surface area (Å²) in [6.45, 7) is 1.47. The number of phenols is 1. The Morgan fingerprint density at radius 3 is 2.65 bits per heavy atom. The Morgan fingerprint density at radius 1 is 1.50 bits per heavy atom. The highest BCUT2D eigenvalue weighted by Crippen LogP contribution is 2.29. The molecule has 2 rings (SSSR count). The Kier molecular flexibility index (Phi) is 3.73. The zero-order chi connectivity index (χ0) is 14.9. The summed E-state index contributed by atoms with van der Waals surface area (Å²) in [6, 6.07) is 1.67. The van der Waals surface area contributed by atoms with Gasteiger partial charge in [0.25, 0.3) is 0 Å². The van der Waals surface area contributed by atoms with Crippen LogP contribution < -0.4 is 10.2 Å². The molecular weight excluding hydrogens is 274 g/mol. The van der Waals surface area contributed by atoms with Crippen LogP contribution >= 0.6 is 0 Å². The van der Waals surface area contributed by atoms with Crippen molar-refractivity contribution in [2.75, 3.05) is 18.0 Å². The molecule has 1 aromatic carbocycles. The van der Waals surface area contributed by atoms with Crippen LogP contribution in [-0.4, -0.2) is 36.3 Å². The summed E-state index contributed by atoms with van der Waals surface area (Å²) < 4.78 is 31.4. The number of benzene rings is 1. The smallest absolute Gasteiger partial charge is 0.414 e. The Morgan fingerprint density at radius 2 is 2.10 bits per heavy atom. The first-order valence-corrected chi connectivity index (χ1v) is 5.79. The lowest BCUT2D eigenvalue weighted by molar-refractivity contribution is -0.119. The SMILES string of the molecule is CC(=O)NC[C@H]1CN(c2cc(F)c(O)c(F)c2)C(=O)O1. The summed E-state index contributed by atoms with van der Waals surface area (Å²) in [5, 5.41) is 11.5. The lowest BCUT2D eigenvalue weighted by Gasteiger charge is -2.13. The normalized spacial score (nSPS) is 18.1. The van der Waals surface area contributed by atoms with E-state index in [0.717, 1.165) is 17.0 Å². The third-order valence-electron chi connectivity index (χ3n) is 2.77. The molecule has 1 saturated heterocycles. The molecular formula is C12H12F2N2O4. The monoisotopic (exact) mass is 286 g/mol. The second-order valence-corrected chi connectivity index (χ2v) is 4.31. The molecule has 8 heteroatoms. The van der Waals surface area contributed by atoms with E-state index in [4.69, 9.17) is 9.84 Å². The quantitative estimate of drug-likeness (QED) is 0.873. The minimum absolute atomic E-state index is 0.0444. The van der Waals surface area contributed by atoms with E-state index in [9.17, 15) is 18.4 Å². The number of phenolic OH excluding ortho intramolecular Hbond substituents is 1. The lowest BCUT2D eigenvalue weighted by atomic mass is 10.2. The number of carbonyl (C=O) groups is 2. The summed E-state index contributed by atoms with van der Waals surface area (Å²) in [4.78, 5) is 23.4. The van der Waals surface area contributed by atoms with E-state index < -0.39 is 29.6 Å². The maximum atomic E-state index is 13.2. The Labute approximate surface area is 112 Å². The third-order valence-corrected chi connectivity index (χ3v) is 2.77. The summed E-state index contributed by atoms with van der Waals surface area (Å²) in [5.74, 6) is -3.71. The standard InChI is InChI=1S/C12H12F2N2O4/c1-6(17)15-4-8-5-16(12(19)20-8)7-2-9(13)11(18)10(14)3-7/h2-3,8,18H,4-5H2,1H3,(H,15,17)/t8-/m0/s1. The van der Waals surface area contributed by atoms with Gasteiger partial charge in [0.1, 0.15) is 6.10 Å². The van der Waals surface area contributed by atoms with Crippen LogP contribution in [0.25, 0.3) is 0 Å². The summed E-state index contributed by atoms with van der Waals surface area (Å²) in [6.07, 6.45) is -1.38. The van der Waals surface area contributed by atoms with Gasteiger partial charge in [-0.2, -0.15) is 0 Å². The number of carbonyl (C=O) groups excluding carboxylic acids is 2. The maximum absolute atomic E-state index is 13.2. The van der Waals surface area contributed by atoms with E-state index >= 15 is 0 Å². The average Bonchev–Trinajstić information content (AvgIpc) is 2.74. The van der Waals surface area contributed by atoms with E-state index in [0.29, 0.717) is 0 Å². The van der Waals surface area contributed by atoms with Gasteiger partial charge in [0.05, 0.1) is 18.8 Å². The van der Waals surface area contributed by atoms with Gasteiger partial charge in [-0.05, 0) is 0 Å². The number of ether oxygens (including phenoxy) is 1. The van der Waals surface area contributed by atoms with Crippen molar-refractivity contribution in [3.8, 4) is 5.75 Å². The number of nitrogens with one attached hydrogen (secondary N) is 1. The summed E-state index contributed by atoms with van der Waals surface area (Å²) in [7, 11) is 0. The fourth-order valence-electron chi connectivity index (χ4n) is 1.80. The number of cyclic esters (lactones) is 1. The van der Waals surface area contributed by atoms with Crippen molar-refractivity contribution < 1.29 is 28.2 Å². The first-order valence-electron chi connectivity index (χ1n) is 5.79. The number of halogens is 2. The number of hydrogen-bond donors (Lipinski definition) is 2. The lowest BCUT2D eigenvalue weighted by Crippen LogP contribution is -2.33. The van der Waals surface area contributed by atoms with Gasteiger partial charge in [0.2, 0.25) is 5.91 Å².